The van der Waals surface area contributed by atoms with E-state index in [4.69, 9.17) is 9.26 Å². The second-order valence-electron chi connectivity index (χ2n) is 6.13. The van der Waals surface area contributed by atoms with Crippen LogP contribution in [0.15, 0.2) is 82.7 Å². The highest BCUT2D eigenvalue weighted by molar-refractivity contribution is 7.12. The largest absolute Gasteiger partial charge is 0.455 e. The summed E-state index contributed by atoms with van der Waals surface area (Å²) in [6, 6.07) is 21.4. The molecule has 29 heavy (non-hydrogen) atoms. The number of rotatable bonds is 6. The molecule has 0 atom stereocenters. The van der Waals surface area contributed by atoms with Crippen molar-refractivity contribution in [3.8, 4) is 11.3 Å². The lowest BCUT2D eigenvalue weighted by Gasteiger charge is -2.06. The molecule has 2 aromatic heterocycles. The van der Waals surface area contributed by atoms with Gasteiger partial charge in [-0.3, -0.25) is 4.79 Å². The molecule has 0 aliphatic heterocycles. The van der Waals surface area contributed by atoms with Gasteiger partial charge in [-0.05, 0) is 35.7 Å². The van der Waals surface area contributed by atoms with Crippen LogP contribution in [0.1, 0.15) is 25.7 Å². The number of anilines is 1. The van der Waals surface area contributed by atoms with E-state index in [0.29, 0.717) is 27.6 Å². The van der Waals surface area contributed by atoms with Gasteiger partial charge in [0, 0.05) is 17.3 Å². The molecule has 0 fully saturated rings. The molecule has 1 amide bonds. The summed E-state index contributed by atoms with van der Waals surface area (Å²) in [6.45, 7) is 0.00598. The van der Waals surface area contributed by atoms with E-state index in [9.17, 15) is 9.59 Å². The molecule has 4 aromatic rings. The Morgan fingerprint density at radius 3 is 2.52 bits per heavy atom. The molecule has 2 aromatic carbocycles. The highest BCUT2D eigenvalue weighted by Crippen LogP contribution is 2.20. The maximum Gasteiger partial charge on any atom is 0.338 e. The SMILES string of the molecule is O=C(OCc1cc(-c2ccccc2)on1)c1ccc(NC(=O)c2cccs2)cc1. The number of nitrogens with zero attached hydrogens (tertiary/aromatic N) is 1. The number of nitrogens with one attached hydrogen (secondary N) is 1. The summed E-state index contributed by atoms with van der Waals surface area (Å²) in [5, 5.41) is 8.55. The van der Waals surface area contributed by atoms with Gasteiger partial charge in [-0.2, -0.15) is 0 Å². The van der Waals surface area contributed by atoms with Crippen molar-refractivity contribution in [3.05, 3.63) is 94.3 Å². The number of esters is 1. The molecule has 7 heteroatoms. The minimum atomic E-state index is -0.481. The predicted octanol–water partition coefficient (Wildman–Crippen LogP) is 5.01. The standard InChI is InChI=1S/C22H16N2O4S/c25-21(20-7-4-12-29-20)23-17-10-8-16(9-11-17)22(26)27-14-18-13-19(28-24-18)15-5-2-1-3-6-15/h1-13H,14H2,(H,23,25). The molecule has 0 bridgehead atoms. The fourth-order valence-corrected chi connectivity index (χ4v) is 3.25. The van der Waals surface area contributed by atoms with Crippen LogP contribution in [0.2, 0.25) is 0 Å². The zero-order chi connectivity index (χ0) is 20.1. The average Bonchev–Trinajstić information content (AvgIpc) is 3.45. The van der Waals surface area contributed by atoms with Crippen LogP contribution in [0, 0.1) is 0 Å². The molecule has 0 saturated heterocycles. The Bertz CT molecular complexity index is 1100. The molecule has 6 nitrogen and oxygen atoms in total. The molecule has 0 aliphatic rings. The first-order valence-corrected chi connectivity index (χ1v) is 9.70. The molecule has 0 unspecified atom stereocenters. The summed E-state index contributed by atoms with van der Waals surface area (Å²) in [7, 11) is 0. The molecule has 4 rings (SSSR count). The van der Waals surface area contributed by atoms with E-state index in [0.717, 1.165) is 5.56 Å². The minimum Gasteiger partial charge on any atom is -0.455 e. The van der Waals surface area contributed by atoms with E-state index in [-0.39, 0.29) is 12.5 Å². The van der Waals surface area contributed by atoms with Crippen LogP contribution in [0.25, 0.3) is 11.3 Å². The summed E-state index contributed by atoms with van der Waals surface area (Å²) in [5.41, 5.74) is 2.41. The van der Waals surface area contributed by atoms with E-state index < -0.39 is 5.97 Å². The molecule has 0 radical (unpaired) electrons. The van der Waals surface area contributed by atoms with Crippen LogP contribution in [0.5, 0.6) is 0 Å². The van der Waals surface area contributed by atoms with E-state index in [1.54, 1.807) is 36.4 Å². The zero-order valence-electron chi connectivity index (χ0n) is 15.2. The fraction of sp³-hybridized carbons (Fsp3) is 0.0455. The molecular weight excluding hydrogens is 388 g/mol. The molecule has 0 spiro atoms. The van der Waals surface area contributed by atoms with Crippen LogP contribution in [0.3, 0.4) is 0 Å². The molecular formula is C22H16N2O4S. The Morgan fingerprint density at radius 1 is 1.00 bits per heavy atom. The highest BCUT2D eigenvalue weighted by Gasteiger charge is 2.12. The van der Waals surface area contributed by atoms with Crippen molar-refractivity contribution in [2.24, 2.45) is 0 Å². The van der Waals surface area contributed by atoms with Crippen LogP contribution in [0.4, 0.5) is 5.69 Å². The van der Waals surface area contributed by atoms with Gasteiger partial charge < -0.3 is 14.6 Å². The van der Waals surface area contributed by atoms with Gasteiger partial charge in [0.25, 0.3) is 5.91 Å². The van der Waals surface area contributed by atoms with Crippen LogP contribution in [-0.4, -0.2) is 17.0 Å². The van der Waals surface area contributed by atoms with E-state index in [1.807, 2.05) is 41.8 Å². The molecule has 0 aliphatic carbocycles. The monoisotopic (exact) mass is 404 g/mol. The number of carbonyl (C=O) groups is 2. The van der Waals surface area contributed by atoms with Gasteiger partial charge >= 0.3 is 5.97 Å². The van der Waals surface area contributed by atoms with Crippen molar-refractivity contribution in [2.45, 2.75) is 6.61 Å². The average molecular weight is 404 g/mol. The maximum absolute atomic E-state index is 12.2. The summed E-state index contributed by atoms with van der Waals surface area (Å²) < 4.78 is 10.6. The lowest BCUT2D eigenvalue weighted by atomic mass is 10.2. The van der Waals surface area contributed by atoms with Crippen molar-refractivity contribution >= 4 is 28.9 Å². The van der Waals surface area contributed by atoms with Crippen molar-refractivity contribution < 1.29 is 18.8 Å². The van der Waals surface area contributed by atoms with Gasteiger partial charge in [-0.1, -0.05) is 41.6 Å². The molecule has 144 valence electrons. The first kappa shape index (κ1) is 18.6. The second-order valence-corrected chi connectivity index (χ2v) is 7.08. The van der Waals surface area contributed by atoms with Crippen molar-refractivity contribution in [1.82, 2.24) is 5.16 Å². The topological polar surface area (TPSA) is 81.4 Å². The quantitative estimate of drug-likeness (QED) is 0.457. The number of carbonyl (C=O) groups excluding carboxylic acids is 2. The third-order valence-corrected chi connectivity index (χ3v) is 4.96. The lowest BCUT2D eigenvalue weighted by Crippen LogP contribution is -2.10. The number of thiophene rings is 1. The van der Waals surface area contributed by atoms with Crippen molar-refractivity contribution in [2.75, 3.05) is 5.32 Å². The first-order valence-electron chi connectivity index (χ1n) is 8.82. The van der Waals surface area contributed by atoms with Gasteiger partial charge in [-0.15, -0.1) is 11.3 Å². The van der Waals surface area contributed by atoms with Gasteiger partial charge in [-0.25, -0.2) is 4.79 Å². The maximum atomic E-state index is 12.2. The van der Waals surface area contributed by atoms with Crippen molar-refractivity contribution in [1.29, 1.82) is 0 Å². The second kappa shape index (κ2) is 8.53. The molecule has 2 heterocycles. The predicted molar refractivity (Wildman–Crippen MR) is 110 cm³/mol. The summed E-state index contributed by atoms with van der Waals surface area (Å²) in [4.78, 5) is 24.9. The third kappa shape index (κ3) is 4.59. The fourth-order valence-electron chi connectivity index (χ4n) is 2.63. The number of aromatic nitrogens is 1. The van der Waals surface area contributed by atoms with Crippen LogP contribution < -0.4 is 5.32 Å². The van der Waals surface area contributed by atoms with Crippen LogP contribution in [-0.2, 0) is 11.3 Å². The number of amides is 1. The van der Waals surface area contributed by atoms with Gasteiger partial charge in [0.2, 0.25) is 0 Å². The van der Waals surface area contributed by atoms with Crippen molar-refractivity contribution in [3.63, 3.8) is 0 Å². The van der Waals surface area contributed by atoms with Crippen LogP contribution >= 0.6 is 11.3 Å². The Hall–Kier alpha value is -3.71. The first-order chi connectivity index (χ1) is 14.2. The van der Waals surface area contributed by atoms with E-state index >= 15 is 0 Å². The number of benzene rings is 2. The number of hydrogen-bond acceptors (Lipinski definition) is 6. The number of ether oxygens (including phenoxy) is 1. The Balaban J connectivity index is 1.33. The normalized spacial score (nSPS) is 10.5. The smallest absolute Gasteiger partial charge is 0.338 e. The molecule has 0 saturated carbocycles. The van der Waals surface area contributed by atoms with Gasteiger partial charge in [0.1, 0.15) is 12.3 Å². The lowest BCUT2D eigenvalue weighted by molar-refractivity contribution is 0.0464. The highest BCUT2D eigenvalue weighted by atomic mass is 32.1. The van der Waals surface area contributed by atoms with E-state index in [2.05, 4.69) is 10.5 Å². The number of hydrogen-bond donors (Lipinski definition) is 1. The summed E-state index contributed by atoms with van der Waals surface area (Å²) >= 11 is 1.36. The zero-order valence-corrected chi connectivity index (χ0v) is 16.0. The Morgan fingerprint density at radius 2 is 1.79 bits per heavy atom. The third-order valence-electron chi connectivity index (χ3n) is 4.09. The van der Waals surface area contributed by atoms with Gasteiger partial charge in [0.05, 0.1) is 10.4 Å². The summed E-state index contributed by atoms with van der Waals surface area (Å²) in [6.07, 6.45) is 0. The van der Waals surface area contributed by atoms with Gasteiger partial charge in [0.15, 0.2) is 5.76 Å². The molecule has 1 N–H and O–H groups in total. The van der Waals surface area contributed by atoms with E-state index in [1.165, 1.54) is 11.3 Å². The Labute approximate surface area is 170 Å². The minimum absolute atomic E-state index is 0.00598. The Kier molecular flexibility index (Phi) is 5.49. The summed E-state index contributed by atoms with van der Waals surface area (Å²) in [5.74, 6) is -0.0524.